The number of hydrogen-bond donors (Lipinski definition) is 2. The molecule has 4 heteroatoms. The minimum absolute atomic E-state index is 0.0212. The van der Waals surface area contributed by atoms with Crippen LogP contribution in [0.5, 0.6) is 0 Å². The summed E-state index contributed by atoms with van der Waals surface area (Å²) in [5.74, 6) is -0.434. The van der Waals surface area contributed by atoms with Gasteiger partial charge in [0.2, 0.25) is 0 Å². The van der Waals surface area contributed by atoms with E-state index in [4.69, 9.17) is 5.73 Å². The number of hydrogen-bond acceptors (Lipinski definition) is 2. The summed E-state index contributed by atoms with van der Waals surface area (Å²) in [5, 5.41) is 9.25. The van der Waals surface area contributed by atoms with Gasteiger partial charge < -0.3 is 10.8 Å². The van der Waals surface area contributed by atoms with Crippen molar-refractivity contribution in [2.75, 3.05) is 6.54 Å². The zero-order valence-corrected chi connectivity index (χ0v) is 7.88. The predicted octanol–water partition coefficient (Wildman–Crippen LogP) is 1.58. The second-order valence-electron chi connectivity index (χ2n) is 2.42. The summed E-state index contributed by atoms with van der Waals surface area (Å²) >= 11 is 3.18. The van der Waals surface area contributed by atoms with Crippen LogP contribution in [0.2, 0.25) is 0 Å². The van der Waals surface area contributed by atoms with E-state index in [-0.39, 0.29) is 12.1 Å². The molecule has 0 aromatic heterocycles. The lowest BCUT2D eigenvalue weighted by molar-refractivity contribution is 0.182. The highest BCUT2D eigenvalue weighted by atomic mass is 79.9. The van der Waals surface area contributed by atoms with Crippen LogP contribution < -0.4 is 5.73 Å². The zero-order chi connectivity index (χ0) is 9.14. The fourth-order valence-electron chi connectivity index (χ4n) is 0.897. The molecule has 1 rings (SSSR count). The van der Waals surface area contributed by atoms with Gasteiger partial charge in [-0.3, -0.25) is 0 Å². The van der Waals surface area contributed by atoms with Crippen LogP contribution in [0.25, 0.3) is 0 Å². The predicted molar refractivity (Wildman–Crippen MR) is 48.1 cm³/mol. The molecule has 0 unspecified atom stereocenters. The molecule has 0 aliphatic heterocycles. The molecule has 3 N–H and O–H groups in total. The molecule has 0 fully saturated rings. The van der Waals surface area contributed by atoms with Crippen LogP contribution in [0, 0.1) is 5.82 Å². The highest BCUT2D eigenvalue weighted by Gasteiger charge is 2.10. The van der Waals surface area contributed by atoms with Gasteiger partial charge in [-0.25, -0.2) is 4.39 Å². The maximum absolute atomic E-state index is 13.0. The van der Waals surface area contributed by atoms with Crippen molar-refractivity contribution in [1.82, 2.24) is 0 Å². The first-order valence-electron chi connectivity index (χ1n) is 3.48. The van der Waals surface area contributed by atoms with E-state index in [9.17, 15) is 9.50 Å². The van der Waals surface area contributed by atoms with E-state index in [1.54, 1.807) is 6.07 Å². The van der Waals surface area contributed by atoms with Gasteiger partial charge in [-0.1, -0.05) is 15.9 Å². The summed E-state index contributed by atoms with van der Waals surface area (Å²) in [6, 6.07) is 4.38. The van der Waals surface area contributed by atoms with Crippen LogP contribution in [0.3, 0.4) is 0 Å². The smallest absolute Gasteiger partial charge is 0.129 e. The van der Waals surface area contributed by atoms with Gasteiger partial charge in [0, 0.05) is 16.6 Å². The number of nitrogens with two attached hydrogens (primary N) is 1. The molecule has 0 saturated heterocycles. The first kappa shape index (κ1) is 9.64. The van der Waals surface area contributed by atoms with Crippen molar-refractivity contribution in [2.24, 2.45) is 5.73 Å². The quantitative estimate of drug-likeness (QED) is 0.815. The fourth-order valence-corrected chi connectivity index (χ4v) is 1.28. The Balaban J connectivity index is 3.04. The molecular weight excluding hydrogens is 225 g/mol. The van der Waals surface area contributed by atoms with Gasteiger partial charge in [0.05, 0.1) is 6.10 Å². The molecule has 0 heterocycles. The lowest BCUT2D eigenvalue weighted by Crippen LogP contribution is -2.12. The van der Waals surface area contributed by atoms with Crippen molar-refractivity contribution >= 4 is 15.9 Å². The Morgan fingerprint density at radius 3 is 2.83 bits per heavy atom. The Labute approximate surface area is 78.3 Å². The monoisotopic (exact) mass is 233 g/mol. The second kappa shape index (κ2) is 3.98. The zero-order valence-electron chi connectivity index (χ0n) is 6.30. The minimum atomic E-state index is -0.928. The molecule has 12 heavy (non-hydrogen) atoms. The number of halogens is 2. The largest absolute Gasteiger partial charge is 0.387 e. The number of aliphatic hydroxyl groups excluding tert-OH is 1. The van der Waals surface area contributed by atoms with Crippen molar-refractivity contribution in [1.29, 1.82) is 0 Å². The van der Waals surface area contributed by atoms with Crippen molar-refractivity contribution in [3.05, 3.63) is 34.1 Å². The lowest BCUT2D eigenvalue weighted by atomic mass is 10.1. The summed E-state index contributed by atoms with van der Waals surface area (Å²) < 4.78 is 13.7. The van der Waals surface area contributed by atoms with Gasteiger partial charge in [-0.05, 0) is 18.2 Å². The van der Waals surface area contributed by atoms with Crippen LogP contribution >= 0.6 is 15.9 Å². The summed E-state index contributed by atoms with van der Waals surface area (Å²) in [6.07, 6.45) is -0.928. The average Bonchev–Trinajstić information content (AvgIpc) is 2.08. The lowest BCUT2D eigenvalue weighted by Gasteiger charge is -2.08. The minimum Gasteiger partial charge on any atom is -0.387 e. The molecule has 0 bridgehead atoms. The Hall–Kier alpha value is -0.450. The summed E-state index contributed by atoms with van der Waals surface area (Å²) in [7, 11) is 0. The highest BCUT2D eigenvalue weighted by Crippen LogP contribution is 2.20. The molecule has 66 valence electrons. The maximum atomic E-state index is 13.0. The third-order valence-electron chi connectivity index (χ3n) is 1.54. The SMILES string of the molecule is NC[C@H](O)c1cc(Br)ccc1F. The van der Waals surface area contributed by atoms with Crippen molar-refractivity contribution in [3.63, 3.8) is 0 Å². The topological polar surface area (TPSA) is 46.2 Å². The molecule has 0 spiro atoms. The standard InChI is InChI=1S/C8H9BrFNO/c9-5-1-2-7(10)6(3-5)8(12)4-11/h1-3,8,12H,4,11H2/t8-/m0/s1. The molecule has 0 radical (unpaired) electrons. The van der Waals surface area contributed by atoms with Crippen LogP contribution in [-0.4, -0.2) is 11.7 Å². The highest BCUT2D eigenvalue weighted by molar-refractivity contribution is 9.10. The van der Waals surface area contributed by atoms with Gasteiger partial charge in [0.25, 0.3) is 0 Å². The Kier molecular flexibility index (Phi) is 3.20. The average molecular weight is 234 g/mol. The van der Waals surface area contributed by atoms with E-state index >= 15 is 0 Å². The molecule has 0 aliphatic carbocycles. The van der Waals surface area contributed by atoms with Gasteiger partial charge in [0.1, 0.15) is 5.82 Å². The molecule has 1 aromatic carbocycles. The number of benzene rings is 1. The van der Waals surface area contributed by atoms with E-state index in [0.717, 1.165) is 4.47 Å². The third kappa shape index (κ3) is 2.03. The molecule has 2 nitrogen and oxygen atoms in total. The van der Waals surface area contributed by atoms with Crippen molar-refractivity contribution in [2.45, 2.75) is 6.10 Å². The molecule has 0 aliphatic rings. The van der Waals surface area contributed by atoms with Gasteiger partial charge >= 0.3 is 0 Å². The van der Waals surface area contributed by atoms with E-state index in [1.807, 2.05) is 0 Å². The van der Waals surface area contributed by atoms with E-state index < -0.39 is 11.9 Å². The van der Waals surface area contributed by atoms with E-state index in [2.05, 4.69) is 15.9 Å². The van der Waals surface area contributed by atoms with Crippen LogP contribution in [0.15, 0.2) is 22.7 Å². The molecule has 0 amide bonds. The van der Waals surface area contributed by atoms with E-state index in [1.165, 1.54) is 12.1 Å². The first-order chi connectivity index (χ1) is 5.65. The molecule has 1 atom stereocenters. The van der Waals surface area contributed by atoms with Gasteiger partial charge in [-0.2, -0.15) is 0 Å². The summed E-state index contributed by atoms with van der Waals surface area (Å²) in [4.78, 5) is 0. The first-order valence-corrected chi connectivity index (χ1v) is 4.27. The van der Waals surface area contributed by atoms with Gasteiger partial charge in [-0.15, -0.1) is 0 Å². The van der Waals surface area contributed by atoms with Crippen LogP contribution in [0.1, 0.15) is 11.7 Å². The van der Waals surface area contributed by atoms with Gasteiger partial charge in [0.15, 0.2) is 0 Å². The summed E-state index contributed by atoms with van der Waals surface area (Å²) in [6.45, 7) is 0.0212. The van der Waals surface area contributed by atoms with Crippen LogP contribution in [0.4, 0.5) is 4.39 Å². The fraction of sp³-hybridized carbons (Fsp3) is 0.250. The summed E-state index contributed by atoms with van der Waals surface area (Å²) in [5.41, 5.74) is 5.42. The van der Waals surface area contributed by atoms with Crippen molar-refractivity contribution < 1.29 is 9.50 Å². The number of aliphatic hydroxyl groups is 1. The Morgan fingerprint density at radius 1 is 1.58 bits per heavy atom. The maximum Gasteiger partial charge on any atom is 0.129 e. The molecule has 1 aromatic rings. The molecule has 0 saturated carbocycles. The third-order valence-corrected chi connectivity index (χ3v) is 2.03. The normalized spacial score (nSPS) is 13.0. The van der Waals surface area contributed by atoms with Crippen molar-refractivity contribution in [3.8, 4) is 0 Å². The Bertz CT molecular complexity index is 280. The number of rotatable bonds is 2. The van der Waals surface area contributed by atoms with Crippen LogP contribution in [-0.2, 0) is 0 Å². The molecular formula is C8H9BrFNO. The second-order valence-corrected chi connectivity index (χ2v) is 3.33. The van der Waals surface area contributed by atoms with E-state index in [0.29, 0.717) is 0 Å². The Morgan fingerprint density at radius 2 is 2.25 bits per heavy atom.